The molecule has 4 atom stereocenters. The molecule has 2 aliphatic carbocycles. The highest BCUT2D eigenvalue weighted by molar-refractivity contribution is 5.79. The van der Waals surface area contributed by atoms with Crippen LogP contribution in [0.5, 0.6) is 0 Å². The third-order valence-corrected chi connectivity index (χ3v) is 5.37. The molecule has 1 amide bonds. The zero-order valence-corrected chi connectivity index (χ0v) is 12.6. The lowest BCUT2D eigenvalue weighted by Gasteiger charge is -2.40. The molecule has 0 aromatic carbocycles. The Balaban J connectivity index is 2.07. The summed E-state index contributed by atoms with van der Waals surface area (Å²) in [4.78, 5) is 15.0. The van der Waals surface area contributed by atoms with Crippen LogP contribution < -0.4 is 5.73 Å². The first-order valence-electron chi connectivity index (χ1n) is 8.19. The van der Waals surface area contributed by atoms with Crippen LogP contribution >= 0.6 is 0 Å². The van der Waals surface area contributed by atoms with E-state index in [1.807, 2.05) is 0 Å². The van der Waals surface area contributed by atoms with E-state index in [4.69, 9.17) is 5.73 Å². The van der Waals surface area contributed by atoms with E-state index in [-0.39, 0.29) is 5.92 Å². The summed E-state index contributed by atoms with van der Waals surface area (Å²) in [6, 6.07) is 0.407. The van der Waals surface area contributed by atoms with Crippen molar-refractivity contribution in [1.82, 2.24) is 4.90 Å². The standard InChI is InChI=1S/C16H30N2O/c1-3-18(15-10-5-4-8-13(15)11-17)16(19)14-9-6-7-12(14)2/h12-15H,3-11,17H2,1-2H3. The molecular formula is C16H30N2O. The average Bonchev–Trinajstić information content (AvgIpc) is 2.86. The third kappa shape index (κ3) is 3.13. The van der Waals surface area contributed by atoms with Gasteiger partial charge in [0.2, 0.25) is 5.91 Å². The summed E-state index contributed by atoms with van der Waals surface area (Å²) in [6.45, 7) is 5.95. The van der Waals surface area contributed by atoms with Gasteiger partial charge in [-0.25, -0.2) is 0 Å². The van der Waals surface area contributed by atoms with Gasteiger partial charge in [0, 0.05) is 18.5 Å². The first kappa shape index (κ1) is 14.8. The largest absolute Gasteiger partial charge is 0.339 e. The van der Waals surface area contributed by atoms with E-state index >= 15 is 0 Å². The zero-order valence-electron chi connectivity index (χ0n) is 12.6. The van der Waals surface area contributed by atoms with E-state index in [0.29, 0.717) is 23.8 Å². The van der Waals surface area contributed by atoms with Gasteiger partial charge in [-0.15, -0.1) is 0 Å². The van der Waals surface area contributed by atoms with Crippen LogP contribution in [0.15, 0.2) is 0 Å². The molecule has 0 bridgehead atoms. The minimum atomic E-state index is 0.278. The fraction of sp³-hybridized carbons (Fsp3) is 0.938. The van der Waals surface area contributed by atoms with Gasteiger partial charge in [-0.05, 0) is 51.0 Å². The molecule has 2 fully saturated rings. The molecule has 2 N–H and O–H groups in total. The van der Waals surface area contributed by atoms with Crippen LogP contribution in [0, 0.1) is 17.8 Å². The number of amides is 1. The van der Waals surface area contributed by atoms with Crippen LogP contribution in [0.4, 0.5) is 0 Å². The van der Waals surface area contributed by atoms with Gasteiger partial charge in [-0.2, -0.15) is 0 Å². The number of rotatable bonds is 4. The zero-order chi connectivity index (χ0) is 13.8. The lowest BCUT2D eigenvalue weighted by Crippen LogP contribution is -2.50. The Morgan fingerprint density at radius 1 is 1.16 bits per heavy atom. The molecule has 0 aromatic heterocycles. The Bertz CT molecular complexity index is 305. The minimum absolute atomic E-state index is 0.278. The van der Waals surface area contributed by atoms with Crippen molar-refractivity contribution in [3.8, 4) is 0 Å². The smallest absolute Gasteiger partial charge is 0.226 e. The van der Waals surface area contributed by atoms with E-state index in [1.54, 1.807) is 0 Å². The number of hydrogen-bond donors (Lipinski definition) is 1. The molecule has 0 aliphatic heterocycles. The predicted molar refractivity (Wildman–Crippen MR) is 78.7 cm³/mol. The molecule has 2 rings (SSSR count). The summed E-state index contributed by atoms with van der Waals surface area (Å²) in [5, 5.41) is 0. The Morgan fingerprint density at radius 3 is 2.47 bits per heavy atom. The van der Waals surface area contributed by atoms with Crippen LogP contribution in [0.25, 0.3) is 0 Å². The monoisotopic (exact) mass is 266 g/mol. The molecule has 4 unspecified atom stereocenters. The molecule has 0 heterocycles. The van der Waals surface area contributed by atoms with E-state index < -0.39 is 0 Å². The highest BCUT2D eigenvalue weighted by atomic mass is 16.2. The molecule has 110 valence electrons. The highest BCUT2D eigenvalue weighted by Gasteiger charge is 2.37. The van der Waals surface area contributed by atoms with Crippen molar-refractivity contribution in [3.63, 3.8) is 0 Å². The summed E-state index contributed by atoms with van der Waals surface area (Å²) < 4.78 is 0. The first-order chi connectivity index (χ1) is 9.19. The van der Waals surface area contributed by atoms with Crippen molar-refractivity contribution in [3.05, 3.63) is 0 Å². The van der Waals surface area contributed by atoms with E-state index in [1.165, 1.54) is 32.1 Å². The van der Waals surface area contributed by atoms with Crippen molar-refractivity contribution in [1.29, 1.82) is 0 Å². The van der Waals surface area contributed by atoms with Crippen LogP contribution in [0.2, 0.25) is 0 Å². The van der Waals surface area contributed by atoms with Crippen LogP contribution in [0.3, 0.4) is 0 Å². The van der Waals surface area contributed by atoms with Crippen LogP contribution in [-0.2, 0) is 4.79 Å². The fourth-order valence-corrected chi connectivity index (χ4v) is 4.15. The topological polar surface area (TPSA) is 46.3 Å². The molecule has 2 aliphatic rings. The van der Waals surface area contributed by atoms with E-state index in [2.05, 4.69) is 18.7 Å². The number of nitrogens with zero attached hydrogens (tertiary/aromatic N) is 1. The van der Waals surface area contributed by atoms with Gasteiger partial charge in [0.15, 0.2) is 0 Å². The van der Waals surface area contributed by atoms with Gasteiger partial charge in [-0.1, -0.05) is 26.2 Å². The van der Waals surface area contributed by atoms with Crippen molar-refractivity contribution in [2.24, 2.45) is 23.5 Å². The van der Waals surface area contributed by atoms with Gasteiger partial charge in [0.1, 0.15) is 0 Å². The number of carbonyl (C=O) groups excluding carboxylic acids is 1. The summed E-state index contributed by atoms with van der Waals surface area (Å²) in [6.07, 6.45) is 8.43. The number of carbonyl (C=O) groups is 1. The van der Waals surface area contributed by atoms with Crippen LogP contribution in [-0.4, -0.2) is 29.9 Å². The average molecular weight is 266 g/mol. The molecule has 3 nitrogen and oxygen atoms in total. The van der Waals surface area contributed by atoms with E-state index in [0.717, 1.165) is 25.9 Å². The maximum Gasteiger partial charge on any atom is 0.226 e. The summed E-state index contributed by atoms with van der Waals surface area (Å²) in [7, 11) is 0. The van der Waals surface area contributed by atoms with E-state index in [9.17, 15) is 4.79 Å². The Morgan fingerprint density at radius 2 is 1.89 bits per heavy atom. The molecule has 2 saturated carbocycles. The lowest BCUT2D eigenvalue weighted by molar-refractivity contribution is -0.140. The van der Waals surface area contributed by atoms with Crippen molar-refractivity contribution in [2.45, 2.75) is 64.8 Å². The van der Waals surface area contributed by atoms with Gasteiger partial charge in [-0.3, -0.25) is 4.79 Å². The maximum absolute atomic E-state index is 12.8. The summed E-state index contributed by atoms with van der Waals surface area (Å²) in [5.41, 5.74) is 5.93. The van der Waals surface area contributed by atoms with Gasteiger partial charge in [0.25, 0.3) is 0 Å². The SMILES string of the molecule is CCN(C(=O)C1CCCC1C)C1CCCCC1CN. The second-order valence-corrected chi connectivity index (χ2v) is 6.49. The minimum Gasteiger partial charge on any atom is -0.339 e. The molecule has 0 aromatic rings. The summed E-state index contributed by atoms with van der Waals surface area (Å²) >= 11 is 0. The van der Waals surface area contributed by atoms with Gasteiger partial charge >= 0.3 is 0 Å². The first-order valence-corrected chi connectivity index (χ1v) is 8.19. The normalized spacial score (nSPS) is 35.3. The van der Waals surface area contributed by atoms with Crippen molar-refractivity contribution >= 4 is 5.91 Å². The van der Waals surface area contributed by atoms with Crippen LogP contribution in [0.1, 0.15) is 58.8 Å². The number of hydrogen-bond acceptors (Lipinski definition) is 2. The Kier molecular flexibility index (Phi) is 5.26. The molecule has 19 heavy (non-hydrogen) atoms. The second kappa shape index (κ2) is 6.74. The van der Waals surface area contributed by atoms with Gasteiger partial charge in [0.05, 0.1) is 0 Å². The summed E-state index contributed by atoms with van der Waals surface area (Å²) in [5.74, 6) is 1.79. The Labute approximate surface area is 117 Å². The molecule has 0 radical (unpaired) electrons. The predicted octanol–water partition coefficient (Wildman–Crippen LogP) is 2.79. The second-order valence-electron chi connectivity index (χ2n) is 6.49. The number of nitrogens with two attached hydrogens (primary N) is 1. The van der Waals surface area contributed by atoms with Crippen molar-refractivity contribution in [2.75, 3.05) is 13.1 Å². The molecular weight excluding hydrogens is 236 g/mol. The molecule has 3 heteroatoms. The lowest BCUT2D eigenvalue weighted by atomic mass is 9.82. The quantitative estimate of drug-likeness (QED) is 0.850. The van der Waals surface area contributed by atoms with Crippen molar-refractivity contribution < 1.29 is 4.79 Å². The fourth-order valence-electron chi connectivity index (χ4n) is 4.15. The highest BCUT2D eigenvalue weighted by Crippen LogP contribution is 2.35. The van der Waals surface area contributed by atoms with Gasteiger partial charge < -0.3 is 10.6 Å². The maximum atomic E-state index is 12.8. The molecule has 0 saturated heterocycles. The Hall–Kier alpha value is -0.570. The third-order valence-electron chi connectivity index (χ3n) is 5.37. The molecule has 0 spiro atoms.